The molecule has 3 rings (SSSR count). The van der Waals surface area contributed by atoms with Gasteiger partial charge in [-0.3, -0.25) is 4.79 Å². The topological polar surface area (TPSA) is 56.1 Å². The van der Waals surface area contributed by atoms with E-state index in [1.165, 1.54) is 12.8 Å². The molecule has 1 aromatic heterocycles. The third-order valence-corrected chi connectivity index (χ3v) is 4.00. The van der Waals surface area contributed by atoms with Gasteiger partial charge >= 0.3 is 0 Å². The van der Waals surface area contributed by atoms with Gasteiger partial charge in [0, 0.05) is 36.5 Å². The van der Waals surface area contributed by atoms with Crippen molar-refractivity contribution in [2.75, 3.05) is 13.7 Å². The van der Waals surface area contributed by atoms with Gasteiger partial charge in [-0.2, -0.15) is 0 Å². The first-order chi connectivity index (χ1) is 10.7. The summed E-state index contributed by atoms with van der Waals surface area (Å²) >= 11 is 0. The second-order valence-electron chi connectivity index (χ2n) is 5.67. The van der Waals surface area contributed by atoms with Crippen LogP contribution in [0.4, 0.5) is 0 Å². The van der Waals surface area contributed by atoms with Crippen molar-refractivity contribution in [3.05, 3.63) is 47.5 Å². The number of nitrogens with one attached hydrogen (secondary N) is 1. The van der Waals surface area contributed by atoms with Crippen LogP contribution in [-0.2, 0) is 6.54 Å². The highest BCUT2D eigenvalue weighted by Gasteiger charge is 2.28. The predicted molar refractivity (Wildman–Crippen MR) is 84.3 cm³/mol. The quantitative estimate of drug-likeness (QED) is 0.891. The minimum atomic E-state index is -0.0617. The van der Waals surface area contributed by atoms with E-state index in [0.717, 1.165) is 23.8 Å². The lowest BCUT2D eigenvalue weighted by atomic mass is 10.2. The molecule has 0 radical (unpaired) electrons. The predicted octanol–water partition coefficient (Wildman–Crippen LogP) is 2.51. The van der Waals surface area contributed by atoms with Crippen molar-refractivity contribution in [3.63, 3.8) is 0 Å². The normalized spacial score (nSPS) is 13.9. The van der Waals surface area contributed by atoms with Crippen LogP contribution in [0.5, 0.6) is 5.75 Å². The first kappa shape index (κ1) is 14.6. The molecule has 1 aliphatic rings. The number of carbonyl (C=O) groups excluding carboxylic acids is 1. The molecule has 1 heterocycles. The number of methoxy groups -OCH3 is 1. The van der Waals surface area contributed by atoms with Crippen molar-refractivity contribution in [1.82, 2.24) is 14.9 Å². The number of carbonyl (C=O) groups is 1. The van der Waals surface area contributed by atoms with Gasteiger partial charge in [-0.1, -0.05) is 0 Å². The number of hydrogen-bond donors (Lipinski definition) is 1. The van der Waals surface area contributed by atoms with Crippen LogP contribution in [0.1, 0.15) is 40.6 Å². The summed E-state index contributed by atoms with van der Waals surface area (Å²) in [5.41, 5.74) is 1.80. The van der Waals surface area contributed by atoms with Crippen LogP contribution in [0.15, 0.2) is 30.5 Å². The van der Waals surface area contributed by atoms with Gasteiger partial charge < -0.3 is 14.6 Å². The van der Waals surface area contributed by atoms with Crippen LogP contribution in [0.2, 0.25) is 0 Å². The number of nitrogens with zero attached hydrogens (tertiary/aromatic N) is 2. The maximum Gasteiger partial charge on any atom is 0.251 e. The Kier molecular flexibility index (Phi) is 4.13. The average Bonchev–Trinajstić information content (AvgIpc) is 3.32. The second-order valence-corrected chi connectivity index (χ2v) is 5.67. The lowest BCUT2D eigenvalue weighted by Gasteiger charge is -2.11. The molecule has 0 unspecified atom stereocenters. The van der Waals surface area contributed by atoms with Gasteiger partial charge in [0.2, 0.25) is 0 Å². The highest BCUT2D eigenvalue weighted by molar-refractivity contribution is 5.94. The summed E-state index contributed by atoms with van der Waals surface area (Å²) in [5.74, 6) is 2.47. The lowest BCUT2D eigenvalue weighted by Crippen LogP contribution is -2.27. The molecule has 0 saturated heterocycles. The molecule has 1 amide bonds. The number of imidazole rings is 1. The van der Waals surface area contributed by atoms with Gasteiger partial charge in [-0.15, -0.1) is 0 Å². The molecule has 1 N–H and O–H groups in total. The van der Waals surface area contributed by atoms with Crippen LogP contribution in [-0.4, -0.2) is 29.1 Å². The third-order valence-electron chi connectivity index (χ3n) is 4.00. The van der Waals surface area contributed by atoms with Crippen LogP contribution >= 0.6 is 0 Å². The van der Waals surface area contributed by atoms with E-state index in [9.17, 15) is 4.79 Å². The van der Waals surface area contributed by atoms with Crippen LogP contribution < -0.4 is 10.1 Å². The van der Waals surface area contributed by atoms with Gasteiger partial charge in [-0.05, 0) is 44.0 Å². The molecule has 0 aliphatic heterocycles. The highest BCUT2D eigenvalue weighted by Crippen LogP contribution is 2.39. The summed E-state index contributed by atoms with van der Waals surface area (Å²) in [4.78, 5) is 16.6. The fourth-order valence-corrected chi connectivity index (χ4v) is 2.56. The first-order valence-corrected chi connectivity index (χ1v) is 7.63. The van der Waals surface area contributed by atoms with Gasteiger partial charge in [-0.25, -0.2) is 4.98 Å². The van der Waals surface area contributed by atoms with Crippen molar-refractivity contribution < 1.29 is 9.53 Å². The molecule has 116 valence electrons. The van der Waals surface area contributed by atoms with Gasteiger partial charge in [0.05, 0.1) is 7.11 Å². The number of ether oxygens (including phenoxy) is 1. The molecule has 22 heavy (non-hydrogen) atoms. The number of aromatic nitrogens is 2. The van der Waals surface area contributed by atoms with E-state index in [1.54, 1.807) is 31.4 Å². The Labute approximate surface area is 130 Å². The third kappa shape index (κ3) is 3.13. The van der Waals surface area contributed by atoms with Crippen molar-refractivity contribution in [3.8, 4) is 5.75 Å². The molecule has 1 saturated carbocycles. The summed E-state index contributed by atoms with van der Waals surface area (Å²) in [7, 11) is 1.61. The number of rotatable bonds is 6. The molecule has 1 aliphatic carbocycles. The van der Waals surface area contributed by atoms with Gasteiger partial charge in [0.25, 0.3) is 5.91 Å². The maximum absolute atomic E-state index is 12.1. The van der Waals surface area contributed by atoms with Crippen molar-refractivity contribution in [2.24, 2.45) is 0 Å². The monoisotopic (exact) mass is 299 g/mol. The Morgan fingerprint density at radius 2 is 2.09 bits per heavy atom. The fourth-order valence-electron chi connectivity index (χ4n) is 2.56. The highest BCUT2D eigenvalue weighted by atomic mass is 16.5. The molecule has 0 atom stereocenters. The van der Waals surface area contributed by atoms with E-state index in [0.29, 0.717) is 18.0 Å². The van der Waals surface area contributed by atoms with E-state index in [1.807, 2.05) is 6.20 Å². The second kappa shape index (κ2) is 6.22. The van der Waals surface area contributed by atoms with Crippen molar-refractivity contribution in [1.29, 1.82) is 0 Å². The van der Waals surface area contributed by atoms with Crippen LogP contribution in [0.25, 0.3) is 0 Å². The summed E-state index contributed by atoms with van der Waals surface area (Å²) < 4.78 is 7.31. The van der Waals surface area contributed by atoms with E-state index >= 15 is 0 Å². The van der Waals surface area contributed by atoms with Gasteiger partial charge in [0.1, 0.15) is 11.6 Å². The molecule has 0 spiro atoms. The van der Waals surface area contributed by atoms with Crippen molar-refractivity contribution >= 4 is 5.91 Å². The van der Waals surface area contributed by atoms with E-state index in [4.69, 9.17) is 4.74 Å². The standard InChI is InChI=1S/C17H21N3O2/c1-12-11-19-16(13-3-4-13)20(12)10-9-18-17(21)14-5-7-15(22-2)8-6-14/h5-8,11,13H,3-4,9-10H2,1-2H3,(H,18,21). The number of hydrogen-bond acceptors (Lipinski definition) is 3. The SMILES string of the molecule is COc1ccc(C(=O)NCCn2c(C)cnc2C2CC2)cc1. The Hall–Kier alpha value is -2.30. The Bertz CT molecular complexity index is 657. The molecule has 1 aromatic carbocycles. The molecule has 1 fully saturated rings. The molecular formula is C17H21N3O2. The largest absolute Gasteiger partial charge is 0.497 e. The average molecular weight is 299 g/mol. The molecular weight excluding hydrogens is 278 g/mol. The molecule has 2 aromatic rings. The van der Waals surface area contributed by atoms with E-state index in [2.05, 4.69) is 21.8 Å². The summed E-state index contributed by atoms with van der Waals surface area (Å²) in [5, 5.41) is 2.96. The summed E-state index contributed by atoms with van der Waals surface area (Å²) in [6.45, 7) is 3.42. The Balaban J connectivity index is 1.56. The zero-order valence-corrected chi connectivity index (χ0v) is 13.0. The maximum atomic E-state index is 12.1. The zero-order valence-electron chi connectivity index (χ0n) is 13.0. The van der Waals surface area contributed by atoms with Crippen LogP contribution in [0.3, 0.4) is 0 Å². The van der Waals surface area contributed by atoms with Crippen LogP contribution in [0, 0.1) is 6.92 Å². The first-order valence-electron chi connectivity index (χ1n) is 7.63. The fraction of sp³-hybridized carbons (Fsp3) is 0.412. The van der Waals surface area contributed by atoms with E-state index < -0.39 is 0 Å². The molecule has 5 heteroatoms. The Morgan fingerprint density at radius 1 is 1.36 bits per heavy atom. The smallest absolute Gasteiger partial charge is 0.251 e. The number of amides is 1. The minimum absolute atomic E-state index is 0.0617. The number of aryl methyl sites for hydroxylation is 1. The number of benzene rings is 1. The lowest BCUT2D eigenvalue weighted by molar-refractivity contribution is 0.0952. The van der Waals surface area contributed by atoms with E-state index in [-0.39, 0.29) is 5.91 Å². The van der Waals surface area contributed by atoms with Crippen molar-refractivity contribution in [2.45, 2.75) is 32.2 Å². The molecule has 0 bridgehead atoms. The Morgan fingerprint density at radius 3 is 2.73 bits per heavy atom. The van der Waals surface area contributed by atoms with Gasteiger partial charge in [0.15, 0.2) is 0 Å². The summed E-state index contributed by atoms with van der Waals surface area (Å²) in [6, 6.07) is 7.12. The minimum Gasteiger partial charge on any atom is -0.497 e. The molecule has 5 nitrogen and oxygen atoms in total. The zero-order chi connectivity index (χ0) is 15.5. The summed E-state index contributed by atoms with van der Waals surface area (Å²) in [6.07, 6.45) is 4.38.